The number of benzene rings is 1. The molecule has 0 heterocycles. The monoisotopic (exact) mass is 292 g/mol. The molecule has 0 radical (unpaired) electrons. The van der Waals surface area contributed by atoms with Crippen LogP contribution < -0.4 is 10.6 Å². The Kier molecular flexibility index (Phi) is 5.32. The number of aliphatic hydroxyl groups excluding tert-OH is 1. The van der Waals surface area contributed by atoms with E-state index < -0.39 is 47.8 Å². The van der Waals surface area contributed by atoms with Gasteiger partial charge in [0.1, 0.15) is 6.04 Å². The van der Waals surface area contributed by atoms with E-state index in [0.717, 1.165) is 6.07 Å². The number of hydrogen-bond acceptors (Lipinski definition) is 3. The Morgan fingerprint density at radius 2 is 1.85 bits per heavy atom. The molecule has 1 aromatic rings. The average Bonchev–Trinajstić information content (AvgIpc) is 2.39. The SMILES string of the molecule is O=C(Nc1ccc(F)c(F)c1F)N[C@@H](CCO)C(=O)O. The molecule has 0 aliphatic carbocycles. The normalized spacial score (nSPS) is 11.8. The van der Waals surface area contributed by atoms with Crippen LogP contribution in [0.3, 0.4) is 0 Å². The lowest BCUT2D eigenvalue weighted by atomic mass is 10.2. The number of hydrogen-bond donors (Lipinski definition) is 4. The molecule has 0 saturated heterocycles. The molecule has 110 valence electrons. The largest absolute Gasteiger partial charge is 0.480 e. The van der Waals surface area contributed by atoms with Gasteiger partial charge in [-0.1, -0.05) is 0 Å². The summed E-state index contributed by atoms with van der Waals surface area (Å²) in [5.74, 6) is -6.18. The van der Waals surface area contributed by atoms with Crippen LogP contribution in [0.15, 0.2) is 12.1 Å². The molecule has 0 aromatic heterocycles. The molecule has 0 aliphatic rings. The molecule has 1 aromatic carbocycles. The summed E-state index contributed by atoms with van der Waals surface area (Å²) in [7, 11) is 0. The third kappa shape index (κ3) is 3.85. The molecule has 0 fully saturated rings. The predicted octanol–water partition coefficient (Wildman–Crippen LogP) is 1.06. The highest BCUT2D eigenvalue weighted by Crippen LogP contribution is 2.19. The first-order chi connectivity index (χ1) is 9.36. The number of carbonyl (C=O) groups excluding carboxylic acids is 1. The molecular formula is C11H11F3N2O4. The van der Waals surface area contributed by atoms with Gasteiger partial charge in [0.25, 0.3) is 0 Å². The van der Waals surface area contributed by atoms with E-state index in [9.17, 15) is 22.8 Å². The topological polar surface area (TPSA) is 98.7 Å². The number of aliphatic carboxylic acids is 1. The number of urea groups is 1. The van der Waals surface area contributed by atoms with Crippen LogP contribution in [0.4, 0.5) is 23.7 Å². The number of carbonyl (C=O) groups is 2. The number of rotatable bonds is 5. The van der Waals surface area contributed by atoms with Gasteiger partial charge in [-0.2, -0.15) is 0 Å². The van der Waals surface area contributed by atoms with Gasteiger partial charge in [-0.15, -0.1) is 0 Å². The van der Waals surface area contributed by atoms with Gasteiger partial charge in [0.15, 0.2) is 17.5 Å². The van der Waals surface area contributed by atoms with Crippen molar-refractivity contribution in [3.05, 3.63) is 29.6 Å². The lowest BCUT2D eigenvalue weighted by molar-refractivity contribution is -0.139. The molecule has 0 unspecified atom stereocenters. The standard InChI is InChI=1S/C11H11F3N2O4/c12-5-1-2-6(9(14)8(5)13)15-11(20)16-7(3-4-17)10(18)19/h1-2,7,17H,3-4H2,(H,18,19)(H2,15,16,20)/t7-/m0/s1. The highest BCUT2D eigenvalue weighted by atomic mass is 19.2. The van der Waals surface area contributed by atoms with E-state index in [1.54, 1.807) is 0 Å². The van der Waals surface area contributed by atoms with Crippen molar-refractivity contribution in [3.8, 4) is 0 Å². The number of anilines is 1. The van der Waals surface area contributed by atoms with E-state index in [1.807, 2.05) is 10.6 Å². The van der Waals surface area contributed by atoms with E-state index in [0.29, 0.717) is 6.07 Å². The Morgan fingerprint density at radius 3 is 2.40 bits per heavy atom. The van der Waals surface area contributed by atoms with E-state index in [1.165, 1.54) is 0 Å². The Hall–Kier alpha value is -2.29. The Bertz CT molecular complexity index is 525. The fourth-order valence-electron chi connectivity index (χ4n) is 1.33. The van der Waals surface area contributed by atoms with E-state index in [-0.39, 0.29) is 6.42 Å². The van der Waals surface area contributed by atoms with Crippen LogP contribution in [-0.2, 0) is 4.79 Å². The first kappa shape index (κ1) is 15.8. The summed E-state index contributed by atoms with van der Waals surface area (Å²) in [5.41, 5.74) is -0.644. The van der Waals surface area contributed by atoms with Crippen molar-refractivity contribution >= 4 is 17.7 Å². The molecule has 4 N–H and O–H groups in total. The number of carboxylic acids is 1. The molecule has 1 atom stereocenters. The second-order valence-electron chi connectivity index (χ2n) is 3.72. The zero-order valence-corrected chi connectivity index (χ0v) is 9.99. The number of nitrogens with one attached hydrogen (secondary N) is 2. The quantitative estimate of drug-likeness (QED) is 0.610. The summed E-state index contributed by atoms with van der Waals surface area (Å²) in [4.78, 5) is 22.1. The number of aliphatic hydroxyl groups is 1. The van der Waals surface area contributed by atoms with Crippen molar-refractivity contribution < 1.29 is 33.0 Å². The van der Waals surface area contributed by atoms with Crippen molar-refractivity contribution in [3.63, 3.8) is 0 Å². The van der Waals surface area contributed by atoms with Crippen molar-refractivity contribution in [2.75, 3.05) is 11.9 Å². The van der Waals surface area contributed by atoms with Gasteiger partial charge in [-0.3, -0.25) is 0 Å². The summed E-state index contributed by atoms with van der Waals surface area (Å²) in [6, 6.07) is -1.13. The molecule has 9 heteroatoms. The molecule has 0 aliphatic heterocycles. The van der Waals surface area contributed by atoms with Crippen LogP contribution in [0.1, 0.15) is 6.42 Å². The Balaban J connectivity index is 2.76. The summed E-state index contributed by atoms with van der Waals surface area (Å²) < 4.78 is 38.8. The van der Waals surface area contributed by atoms with Gasteiger partial charge in [0.05, 0.1) is 5.69 Å². The summed E-state index contributed by atoms with van der Waals surface area (Å²) in [6.45, 7) is -0.489. The third-order valence-corrected chi connectivity index (χ3v) is 2.30. The minimum atomic E-state index is -1.76. The van der Waals surface area contributed by atoms with Gasteiger partial charge in [0.2, 0.25) is 0 Å². The first-order valence-electron chi connectivity index (χ1n) is 5.41. The maximum atomic E-state index is 13.3. The van der Waals surface area contributed by atoms with Gasteiger partial charge in [-0.05, 0) is 12.1 Å². The zero-order chi connectivity index (χ0) is 15.3. The summed E-state index contributed by atoms with van der Waals surface area (Å²) in [6.07, 6.45) is -0.261. The highest BCUT2D eigenvalue weighted by Gasteiger charge is 2.21. The predicted molar refractivity (Wildman–Crippen MR) is 61.6 cm³/mol. The van der Waals surface area contributed by atoms with Crippen LogP contribution in [0, 0.1) is 17.5 Å². The molecule has 0 saturated carbocycles. The van der Waals surface area contributed by atoms with Gasteiger partial charge >= 0.3 is 12.0 Å². The second kappa shape index (κ2) is 6.75. The fraction of sp³-hybridized carbons (Fsp3) is 0.273. The van der Waals surface area contributed by atoms with Crippen LogP contribution >= 0.6 is 0 Å². The molecule has 6 nitrogen and oxygen atoms in total. The maximum absolute atomic E-state index is 13.3. The molecule has 0 spiro atoms. The first-order valence-corrected chi connectivity index (χ1v) is 5.41. The summed E-state index contributed by atoms with van der Waals surface area (Å²) in [5, 5.41) is 21.1. The smallest absolute Gasteiger partial charge is 0.326 e. The van der Waals surface area contributed by atoms with Crippen LogP contribution in [-0.4, -0.2) is 34.9 Å². The van der Waals surface area contributed by atoms with Crippen LogP contribution in [0.2, 0.25) is 0 Å². The minimum absolute atomic E-state index is 0.261. The number of carboxylic acid groups (broad SMARTS) is 1. The lowest BCUT2D eigenvalue weighted by Gasteiger charge is -2.14. The minimum Gasteiger partial charge on any atom is -0.480 e. The molecular weight excluding hydrogens is 281 g/mol. The van der Waals surface area contributed by atoms with E-state index >= 15 is 0 Å². The van der Waals surface area contributed by atoms with Gasteiger partial charge < -0.3 is 20.8 Å². The molecule has 1 rings (SSSR count). The summed E-state index contributed by atoms with van der Waals surface area (Å²) >= 11 is 0. The molecule has 2 amide bonds. The van der Waals surface area contributed by atoms with Crippen molar-refractivity contribution in [2.45, 2.75) is 12.5 Å². The number of amides is 2. The van der Waals surface area contributed by atoms with E-state index in [2.05, 4.69) is 0 Å². The van der Waals surface area contributed by atoms with Crippen molar-refractivity contribution in [1.82, 2.24) is 5.32 Å². The average molecular weight is 292 g/mol. The lowest BCUT2D eigenvalue weighted by Crippen LogP contribution is -2.43. The molecule has 20 heavy (non-hydrogen) atoms. The van der Waals surface area contributed by atoms with Crippen LogP contribution in [0.5, 0.6) is 0 Å². The Morgan fingerprint density at radius 1 is 1.20 bits per heavy atom. The van der Waals surface area contributed by atoms with Gasteiger partial charge in [0, 0.05) is 13.0 Å². The molecule has 0 bridgehead atoms. The van der Waals surface area contributed by atoms with Gasteiger partial charge in [-0.25, -0.2) is 22.8 Å². The third-order valence-electron chi connectivity index (χ3n) is 2.30. The number of halogens is 3. The fourth-order valence-corrected chi connectivity index (χ4v) is 1.33. The zero-order valence-electron chi connectivity index (χ0n) is 9.99. The highest BCUT2D eigenvalue weighted by molar-refractivity contribution is 5.92. The Labute approximate surface area is 111 Å². The van der Waals surface area contributed by atoms with Crippen molar-refractivity contribution in [2.24, 2.45) is 0 Å². The van der Waals surface area contributed by atoms with E-state index in [4.69, 9.17) is 10.2 Å². The maximum Gasteiger partial charge on any atom is 0.326 e. The van der Waals surface area contributed by atoms with Crippen LogP contribution in [0.25, 0.3) is 0 Å². The second-order valence-corrected chi connectivity index (χ2v) is 3.72. The van der Waals surface area contributed by atoms with Crippen molar-refractivity contribution in [1.29, 1.82) is 0 Å².